The van der Waals surface area contributed by atoms with Crippen LogP contribution in [-0.2, 0) is 16.6 Å². The average Bonchev–Trinajstić information content (AvgIpc) is 2.89. The number of aryl methyl sites for hydroxylation is 1. The van der Waals surface area contributed by atoms with Gasteiger partial charge in [-0.05, 0) is 6.92 Å². The number of sulfonamides is 1. The SMILES string of the molecule is Cc1ncc(S(=O)(=O)NCCn2ccnc2)[nH]1. The van der Waals surface area contributed by atoms with Crippen molar-refractivity contribution in [1.82, 2.24) is 24.2 Å². The second-order valence-electron chi connectivity index (χ2n) is 3.53. The number of aromatic amines is 1. The van der Waals surface area contributed by atoms with E-state index < -0.39 is 10.0 Å². The molecule has 0 atom stereocenters. The number of nitrogens with zero attached hydrogens (tertiary/aromatic N) is 3. The monoisotopic (exact) mass is 255 g/mol. The van der Waals surface area contributed by atoms with Crippen molar-refractivity contribution < 1.29 is 8.42 Å². The minimum atomic E-state index is -3.49. The van der Waals surface area contributed by atoms with Crippen LogP contribution >= 0.6 is 0 Å². The fourth-order valence-corrected chi connectivity index (χ4v) is 2.33. The number of aromatic nitrogens is 4. The van der Waals surface area contributed by atoms with Gasteiger partial charge in [0.25, 0.3) is 10.0 Å². The largest absolute Gasteiger partial charge is 0.336 e. The molecule has 0 aliphatic carbocycles. The summed E-state index contributed by atoms with van der Waals surface area (Å²) in [7, 11) is -3.49. The molecule has 2 rings (SSSR count). The Bertz CT molecular complexity index is 572. The first-order chi connectivity index (χ1) is 8.08. The van der Waals surface area contributed by atoms with Gasteiger partial charge in [-0.15, -0.1) is 0 Å². The summed E-state index contributed by atoms with van der Waals surface area (Å²) in [5.41, 5.74) is 0. The molecule has 0 fully saturated rings. The summed E-state index contributed by atoms with van der Waals surface area (Å²) in [5.74, 6) is 0.569. The zero-order chi connectivity index (χ0) is 12.3. The van der Waals surface area contributed by atoms with Gasteiger partial charge in [0.2, 0.25) is 0 Å². The number of hydrogen-bond acceptors (Lipinski definition) is 4. The van der Waals surface area contributed by atoms with Crippen LogP contribution in [0.4, 0.5) is 0 Å². The summed E-state index contributed by atoms with van der Waals surface area (Å²) < 4.78 is 27.8. The molecular formula is C9H13N5O2S. The lowest BCUT2D eigenvalue weighted by Crippen LogP contribution is -2.27. The first-order valence-corrected chi connectivity index (χ1v) is 6.53. The van der Waals surface area contributed by atoms with Crippen molar-refractivity contribution in [2.24, 2.45) is 0 Å². The van der Waals surface area contributed by atoms with Gasteiger partial charge in [0.15, 0.2) is 5.03 Å². The van der Waals surface area contributed by atoms with Gasteiger partial charge >= 0.3 is 0 Å². The molecule has 0 bridgehead atoms. The van der Waals surface area contributed by atoms with Crippen LogP contribution in [0.1, 0.15) is 5.82 Å². The molecule has 17 heavy (non-hydrogen) atoms. The lowest BCUT2D eigenvalue weighted by atomic mass is 10.6. The van der Waals surface area contributed by atoms with Gasteiger partial charge in [-0.1, -0.05) is 0 Å². The summed E-state index contributed by atoms with van der Waals surface area (Å²) in [5, 5.41) is 0.0839. The molecule has 0 radical (unpaired) electrons. The highest BCUT2D eigenvalue weighted by Crippen LogP contribution is 2.04. The fourth-order valence-electron chi connectivity index (χ4n) is 1.34. The molecule has 7 nitrogen and oxygen atoms in total. The van der Waals surface area contributed by atoms with Crippen LogP contribution in [0.2, 0.25) is 0 Å². The molecule has 2 aromatic rings. The van der Waals surface area contributed by atoms with E-state index in [-0.39, 0.29) is 5.03 Å². The number of rotatable bonds is 5. The summed E-state index contributed by atoms with van der Waals surface area (Å²) in [6.45, 7) is 2.54. The van der Waals surface area contributed by atoms with Gasteiger partial charge in [0, 0.05) is 25.5 Å². The van der Waals surface area contributed by atoms with Crippen molar-refractivity contribution in [2.75, 3.05) is 6.54 Å². The number of hydrogen-bond donors (Lipinski definition) is 2. The van der Waals surface area contributed by atoms with Crippen molar-refractivity contribution >= 4 is 10.0 Å². The Morgan fingerprint density at radius 1 is 1.53 bits per heavy atom. The Balaban J connectivity index is 1.94. The maximum atomic E-state index is 11.8. The van der Waals surface area contributed by atoms with Crippen LogP contribution < -0.4 is 4.72 Å². The molecule has 0 amide bonds. The van der Waals surface area contributed by atoms with Crippen LogP contribution in [0.15, 0.2) is 29.9 Å². The van der Waals surface area contributed by atoms with Gasteiger partial charge in [-0.2, -0.15) is 0 Å². The second kappa shape index (κ2) is 4.68. The van der Waals surface area contributed by atoms with E-state index in [2.05, 4.69) is 19.7 Å². The molecule has 8 heteroatoms. The molecule has 2 aromatic heterocycles. The van der Waals surface area contributed by atoms with Crippen LogP contribution in [0.3, 0.4) is 0 Å². The Labute approximate surface area is 99.0 Å². The summed E-state index contributed by atoms with van der Waals surface area (Å²) in [4.78, 5) is 10.4. The molecule has 0 aliphatic heterocycles. The highest BCUT2D eigenvalue weighted by molar-refractivity contribution is 7.89. The maximum absolute atomic E-state index is 11.8. The molecule has 0 unspecified atom stereocenters. The van der Waals surface area contributed by atoms with Crippen molar-refractivity contribution in [3.63, 3.8) is 0 Å². The summed E-state index contributed by atoms with van der Waals surface area (Å²) >= 11 is 0. The molecular weight excluding hydrogens is 242 g/mol. The van der Waals surface area contributed by atoms with Gasteiger partial charge in [-0.3, -0.25) is 0 Å². The first-order valence-electron chi connectivity index (χ1n) is 5.05. The predicted octanol–water partition coefficient (Wildman–Crippen LogP) is -0.107. The molecule has 2 heterocycles. The van der Waals surface area contributed by atoms with E-state index in [0.29, 0.717) is 18.9 Å². The van der Waals surface area contributed by atoms with Crippen molar-refractivity contribution in [3.05, 3.63) is 30.7 Å². The number of imidazole rings is 2. The van der Waals surface area contributed by atoms with E-state index in [1.54, 1.807) is 30.2 Å². The average molecular weight is 255 g/mol. The van der Waals surface area contributed by atoms with Gasteiger partial charge in [0.05, 0.1) is 12.5 Å². The van der Waals surface area contributed by atoms with Crippen LogP contribution in [0, 0.1) is 6.92 Å². The molecule has 0 aliphatic rings. The zero-order valence-corrected chi connectivity index (χ0v) is 10.1. The molecule has 0 aromatic carbocycles. The number of H-pyrrole nitrogens is 1. The summed E-state index contributed by atoms with van der Waals surface area (Å²) in [6.07, 6.45) is 6.35. The topological polar surface area (TPSA) is 92.7 Å². The van der Waals surface area contributed by atoms with Crippen molar-refractivity contribution in [2.45, 2.75) is 18.5 Å². The first kappa shape index (κ1) is 11.8. The van der Waals surface area contributed by atoms with E-state index in [1.807, 2.05) is 0 Å². The Hall–Kier alpha value is -1.67. The lowest BCUT2D eigenvalue weighted by molar-refractivity contribution is 0.569. The third-order valence-electron chi connectivity index (χ3n) is 2.19. The highest BCUT2D eigenvalue weighted by Gasteiger charge is 2.15. The van der Waals surface area contributed by atoms with Crippen molar-refractivity contribution in [1.29, 1.82) is 0 Å². The highest BCUT2D eigenvalue weighted by atomic mass is 32.2. The second-order valence-corrected chi connectivity index (χ2v) is 5.27. The van der Waals surface area contributed by atoms with Gasteiger partial charge < -0.3 is 9.55 Å². The van der Waals surface area contributed by atoms with E-state index in [0.717, 1.165) is 0 Å². The smallest absolute Gasteiger partial charge is 0.257 e. The molecule has 0 saturated heterocycles. The molecule has 0 spiro atoms. The Morgan fingerprint density at radius 3 is 2.94 bits per heavy atom. The third-order valence-corrected chi connectivity index (χ3v) is 3.56. The lowest BCUT2D eigenvalue weighted by Gasteiger charge is -2.04. The molecule has 92 valence electrons. The molecule has 2 N–H and O–H groups in total. The van der Waals surface area contributed by atoms with E-state index in [1.165, 1.54) is 6.20 Å². The van der Waals surface area contributed by atoms with E-state index in [9.17, 15) is 8.42 Å². The minimum Gasteiger partial charge on any atom is -0.336 e. The fraction of sp³-hybridized carbons (Fsp3) is 0.333. The van der Waals surface area contributed by atoms with Crippen LogP contribution in [0.25, 0.3) is 0 Å². The third kappa shape index (κ3) is 2.92. The standard InChI is InChI=1S/C9H13N5O2S/c1-8-11-6-9(13-8)17(15,16)12-3-5-14-4-2-10-7-14/h2,4,6-7,12H,3,5H2,1H3,(H,11,13). The Morgan fingerprint density at radius 2 is 2.35 bits per heavy atom. The van der Waals surface area contributed by atoms with E-state index >= 15 is 0 Å². The summed E-state index contributed by atoms with van der Waals surface area (Å²) in [6, 6.07) is 0. The van der Waals surface area contributed by atoms with Crippen molar-refractivity contribution in [3.8, 4) is 0 Å². The van der Waals surface area contributed by atoms with Gasteiger partial charge in [0.1, 0.15) is 5.82 Å². The maximum Gasteiger partial charge on any atom is 0.257 e. The quantitative estimate of drug-likeness (QED) is 0.780. The normalized spacial score (nSPS) is 11.8. The Kier molecular flexibility index (Phi) is 3.25. The van der Waals surface area contributed by atoms with E-state index in [4.69, 9.17) is 0 Å². The predicted molar refractivity (Wildman–Crippen MR) is 60.7 cm³/mol. The van der Waals surface area contributed by atoms with Crippen LogP contribution in [-0.4, -0.2) is 34.5 Å². The molecule has 0 saturated carbocycles. The minimum absolute atomic E-state index is 0.0839. The zero-order valence-electron chi connectivity index (χ0n) is 9.29. The van der Waals surface area contributed by atoms with Gasteiger partial charge in [-0.25, -0.2) is 23.1 Å². The van der Waals surface area contributed by atoms with Crippen LogP contribution in [0.5, 0.6) is 0 Å². The number of nitrogens with one attached hydrogen (secondary N) is 2.